The van der Waals surface area contributed by atoms with Gasteiger partial charge in [-0.1, -0.05) is 0 Å². The molecule has 0 saturated carbocycles. The second kappa shape index (κ2) is 5.68. The summed E-state index contributed by atoms with van der Waals surface area (Å²) in [5, 5.41) is 0. The zero-order valence-corrected chi connectivity index (χ0v) is 11.2. The molecule has 0 aliphatic carbocycles. The lowest BCUT2D eigenvalue weighted by molar-refractivity contribution is -0.152. The number of rotatable bonds is 4. The smallest absolute Gasteiger partial charge is 0.419 e. The van der Waals surface area contributed by atoms with E-state index in [0.29, 0.717) is 12.1 Å². The molecule has 0 saturated heterocycles. The van der Waals surface area contributed by atoms with Crippen LogP contribution in [-0.4, -0.2) is 19.7 Å². The van der Waals surface area contributed by atoms with Crippen molar-refractivity contribution in [2.24, 2.45) is 5.41 Å². The topological polar surface area (TPSA) is 35.5 Å². The van der Waals surface area contributed by atoms with Gasteiger partial charge in [0.1, 0.15) is 18.2 Å². The molecule has 0 aliphatic rings. The van der Waals surface area contributed by atoms with Crippen LogP contribution in [0.4, 0.5) is 17.6 Å². The Morgan fingerprint density at radius 3 is 2.35 bits per heavy atom. The molecule has 0 fully saturated rings. The Balaban J connectivity index is 2.88. The molecule has 0 bridgehead atoms. The van der Waals surface area contributed by atoms with Crippen molar-refractivity contribution >= 4 is 5.97 Å². The maximum Gasteiger partial charge on any atom is 0.419 e. The van der Waals surface area contributed by atoms with Gasteiger partial charge in [-0.25, -0.2) is 4.39 Å². The fourth-order valence-corrected chi connectivity index (χ4v) is 1.41. The highest BCUT2D eigenvalue weighted by Gasteiger charge is 2.35. The first kappa shape index (κ1) is 16.3. The van der Waals surface area contributed by atoms with E-state index in [1.54, 1.807) is 0 Å². The van der Waals surface area contributed by atoms with Gasteiger partial charge in [0.15, 0.2) is 0 Å². The fourth-order valence-electron chi connectivity index (χ4n) is 1.41. The van der Waals surface area contributed by atoms with Gasteiger partial charge in [-0.3, -0.25) is 4.79 Å². The van der Waals surface area contributed by atoms with Gasteiger partial charge in [-0.05, 0) is 32.0 Å². The van der Waals surface area contributed by atoms with Crippen molar-refractivity contribution in [1.29, 1.82) is 0 Å². The molecule has 0 heterocycles. The number of esters is 1. The second-order valence-electron chi connectivity index (χ2n) is 4.80. The Kier molecular flexibility index (Phi) is 4.62. The van der Waals surface area contributed by atoms with Crippen LogP contribution in [0.25, 0.3) is 0 Å². The van der Waals surface area contributed by atoms with Gasteiger partial charge in [-0.15, -0.1) is 0 Å². The van der Waals surface area contributed by atoms with Crippen molar-refractivity contribution in [1.82, 2.24) is 0 Å². The van der Waals surface area contributed by atoms with E-state index in [-0.39, 0.29) is 12.4 Å². The van der Waals surface area contributed by atoms with Gasteiger partial charge in [0.2, 0.25) is 0 Å². The predicted octanol–water partition coefficient (Wildman–Crippen LogP) is 3.42. The fraction of sp³-hybridized carbons (Fsp3) is 0.462. The minimum atomic E-state index is -4.80. The minimum absolute atomic E-state index is 0.171. The van der Waals surface area contributed by atoms with Crippen molar-refractivity contribution in [3.8, 4) is 5.75 Å². The number of hydrogen-bond donors (Lipinski definition) is 0. The van der Waals surface area contributed by atoms with Crippen molar-refractivity contribution in [3.05, 3.63) is 29.6 Å². The molecule has 1 aromatic carbocycles. The van der Waals surface area contributed by atoms with Crippen molar-refractivity contribution < 1.29 is 31.8 Å². The number of carbonyl (C=O) groups is 1. The summed E-state index contributed by atoms with van der Waals surface area (Å²) < 4.78 is 60.3. The normalized spacial score (nSPS) is 12.2. The van der Waals surface area contributed by atoms with Crippen LogP contribution >= 0.6 is 0 Å². The Morgan fingerprint density at radius 1 is 1.25 bits per heavy atom. The lowest BCUT2D eigenvalue weighted by Crippen LogP contribution is -2.32. The predicted molar refractivity (Wildman–Crippen MR) is 62.7 cm³/mol. The van der Waals surface area contributed by atoms with E-state index in [0.717, 1.165) is 6.07 Å². The SMILES string of the molecule is COC(=O)C(C)(C)COc1ccc(F)c(C(F)(F)F)c1. The molecule has 1 aromatic rings. The van der Waals surface area contributed by atoms with E-state index in [2.05, 4.69) is 4.74 Å². The van der Waals surface area contributed by atoms with Crippen LogP contribution < -0.4 is 4.74 Å². The molecule has 0 aromatic heterocycles. The lowest BCUT2D eigenvalue weighted by Gasteiger charge is -2.22. The van der Waals surface area contributed by atoms with Gasteiger partial charge in [0.25, 0.3) is 0 Å². The van der Waals surface area contributed by atoms with E-state index in [9.17, 15) is 22.4 Å². The third kappa shape index (κ3) is 3.85. The summed E-state index contributed by atoms with van der Waals surface area (Å²) >= 11 is 0. The quantitative estimate of drug-likeness (QED) is 0.630. The van der Waals surface area contributed by atoms with Gasteiger partial charge < -0.3 is 9.47 Å². The Bertz CT molecular complexity index is 495. The molecule has 0 aliphatic heterocycles. The molecular weight excluding hydrogens is 280 g/mol. The van der Waals surface area contributed by atoms with Crippen LogP contribution in [0.15, 0.2) is 18.2 Å². The molecule has 1 rings (SSSR count). The largest absolute Gasteiger partial charge is 0.492 e. The van der Waals surface area contributed by atoms with Gasteiger partial charge >= 0.3 is 12.1 Å². The number of methoxy groups -OCH3 is 1. The number of halogens is 4. The van der Waals surface area contributed by atoms with Crippen molar-refractivity contribution in [2.75, 3.05) is 13.7 Å². The monoisotopic (exact) mass is 294 g/mol. The Labute approximate surface area is 113 Å². The molecule has 0 radical (unpaired) electrons. The maximum atomic E-state index is 13.1. The van der Waals surface area contributed by atoms with Crippen LogP contribution in [0.5, 0.6) is 5.75 Å². The number of benzene rings is 1. The van der Waals surface area contributed by atoms with E-state index < -0.39 is 28.9 Å². The highest BCUT2D eigenvalue weighted by atomic mass is 19.4. The van der Waals surface area contributed by atoms with E-state index in [1.165, 1.54) is 21.0 Å². The Hall–Kier alpha value is -1.79. The summed E-state index contributed by atoms with van der Waals surface area (Å²) in [6.45, 7) is 2.85. The molecule has 112 valence electrons. The molecule has 0 atom stereocenters. The average Bonchev–Trinajstić information content (AvgIpc) is 2.35. The molecular formula is C13H14F4O3. The van der Waals surface area contributed by atoms with Crippen molar-refractivity contribution in [2.45, 2.75) is 20.0 Å². The van der Waals surface area contributed by atoms with Crippen LogP contribution in [0, 0.1) is 11.2 Å². The number of alkyl halides is 3. The number of ether oxygens (including phenoxy) is 2. The summed E-state index contributed by atoms with van der Waals surface area (Å²) in [5.74, 6) is -2.11. The molecule has 7 heteroatoms. The summed E-state index contributed by atoms with van der Waals surface area (Å²) in [4.78, 5) is 11.4. The molecule has 0 spiro atoms. The minimum Gasteiger partial charge on any atom is -0.492 e. The highest BCUT2D eigenvalue weighted by Crippen LogP contribution is 2.34. The first-order valence-corrected chi connectivity index (χ1v) is 5.66. The molecule has 3 nitrogen and oxygen atoms in total. The summed E-state index contributed by atoms with van der Waals surface area (Å²) in [6.07, 6.45) is -4.80. The standard InChI is InChI=1S/C13H14F4O3/c1-12(2,11(18)19-3)7-20-8-4-5-10(14)9(6-8)13(15,16)17/h4-6H,7H2,1-3H3. The van der Waals surface area contributed by atoms with Crippen LogP contribution in [-0.2, 0) is 15.7 Å². The first-order chi connectivity index (χ1) is 9.08. The summed E-state index contributed by atoms with van der Waals surface area (Å²) in [6, 6.07) is 2.30. The molecule has 0 N–H and O–H groups in total. The first-order valence-electron chi connectivity index (χ1n) is 5.66. The summed E-state index contributed by atoms with van der Waals surface area (Å²) in [5.41, 5.74) is -2.44. The van der Waals surface area contributed by atoms with E-state index >= 15 is 0 Å². The van der Waals surface area contributed by atoms with Gasteiger partial charge in [0.05, 0.1) is 18.1 Å². The van der Waals surface area contributed by atoms with Crippen LogP contribution in [0.1, 0.15) is 19.4 Å². The maximum absolute atomic E-state index is 13.1. The number of carbonyl (C=O) groups excluding carboxylic acids is 1. The van der Waals surface area contributed by atoms with Gasteiger partial charge in [0, 0.05) is 0 Å². The highest BCUT2D eigenvalue weighted by molar-refractivity contribution is 5.75. The van der Waals surface area contributed by atoms with E-state index in [4.69, 9.17) is 4.74 Å². The molecule has 0 amide bonds. The number of hydrogen-bond acceptors (Lipinski definition) is 3. The zero-order valence-electron chi connectivity index (χ0n) is 11.2. The van der Waals surface area contributed by atoms with Crippen molar-refractivity contribution in [3.63, 3.8) is 0 Å². The van der Waals surface area contributed by atoms with E-state index in [1.807, 2.05) is 0 Å². The summed E-state index contributed by atoms with van der Waals surface area (Å²) in [7, 11) is 1.20. The third-order valence-corrected chi connectivity index (χ3v) is 2.58. The van der Waals surface area contributed by atoms with Crippen LogP contribution in [0.2, 0.25) is 0 Å². The third-order valence-electron chi connectivity index (χ3n) is 2.58. The zero-order chi connectivity index (χ0) is 15.6. The average molecular weight is 294 g/mol. The lowest BCUT2D eigenvalue weighted by atomic mass is 9.95. The molecule has 0 unspecified atom stereocenters. The second-order valence-corrected chi connectivity index (χ2v) is 4.80. The van der Waals surface area contributed by atoms with Crippen LogP contribution in [0.3, 0.4) is 0 Å². The Morgan fingerprint density at radius 2 is 1.85 bits per heavy atom. The van der Waals surface area contributed by atoms with Gasteiger partial charge in [-0.2, -0.15) is 13.2 Å². The molecule has 20 heavy (non-hydrogen) atoms.